The average molecular weight is 506 g/mol. The van der Waals surface area contributed by atoms with Gasteiger partial charge in [-0.2, -0.15) is 17.5 Å². The summed E-state index contributed by atoms with van der Waals surface area (Å²) in [6.45, 7) is 5.00. The van der Waals surface area contributed by atoms with Crippen LogP contribution in [0, 0.1) is 6.92 Å². The quantitative estimate of drug-likeness (QED) is 0.350. The number of rotatable bonds is 6. The first kappa shape index (κ1) is 23.4. The highest BCUT2D eigenvalue weighted by atomic mass is 32.1. The van der Waals surface area contributed by atoms with Gasteiger partial charge >= 0.3 is 6.18 Å². The van der Waals surface area contributed by atoms with Crippen molar-refractivity contribution in [3.8, 4) is 11.3 Å². The Kier molecular flexibility index (Phi) is 5.44. The molecule has 0 aliphatic carbocycles. The number of hydrogen-bond donors (Lipinski definition) is 1. The molecule has 1 unspecified atom stereocenters. The summed E-state index contributed by atoms with van der Waals surface area (Å²) in [4.78, 5) is 8.85. The minimum Gasteiger partial charge on any atom is -0.451 e. The fourth-order valence-corrected chi connectivity index (χ4v) is 5.42. The van der Waals surface area contributed by atoms with Crippen molar-refractivity contribution in [3.05, 3.63) is 42.0 Å². The molecule has 1 atom stereocenters. The number of aryl methyl sites for hydroxylation is 2. The summed E-state index contributed by atoms with van der Waals surface area (Å²) in [5, 5.41) is 19.0. The molecule has 5 aromatic heterocycles. The highest BCUT2D eigenvalue weighted by Gasteiger charge is 2.34. The van der Waals surface area contributed by atoms with Crippen LogP contribution >= 0.6 is 11.5 Å². The molecular weight excluding hydrogens is 483 g/mol. The number of nitrogens with zero attached hydrogens (tertiary/aromatic N) is 7. The Hall–Kier alpha value is -3.32. The Morgan fingerprint density at radius 2 is 2.00 bits per heavy atom. The zero-order valence-electron chi connectivity index (χ0n) is 19.3. The molecule has 0 saturated carbocycles. The summed E-state index contributed by atoms with van der Waals surface area (Å²) in [5.74, 6) is 0. The summed E-state index contributed by atoms with van der Waals surface area (Å²) in [6.07, 6.45) is -1.46. The normalized spacial score (nSPS) is 13.8. The van der Waals surface area contributed by atoms with E-state index in [1.54, 1.807) is 36.3 Å². The number of oxazole rings is 1. The van der Waals surface area contributed by atoms with Crippen LogP contribution in [0.5, 0.6) is 0 Å². The predicted octanol–water partition coefficient (Wildman–Crippen LogP) is 4.90. The third-order valence-electron chi connectivity index (χ3n) is 5.90. The van der Waals surface area contributed by atoms with E-state index in [4.69, 9.17) is 4.42 Å². The Bertz CT molecular complexity index is 1490. The molecule has 0 fully saturated rings. The summed E-state index contributed by atoms with van der Waals surface area (Å²) >= 11 is 1.15. The topological polar surface area (TPSA) is 108 Å². The molecule has 1 N–H and O–H groups in total. The lowest BCUT2D eigenvalue weighted by atomic mass is 10.0. The van der Waals surface area contributed by atoms with Crippen LogP contribution < -0.4 is 0 Å². The standard InChI is InChI=1S/C22H22F3N7O2S/c1-11-17(31(4)30-28-11)12-7-15-16(26-8-12)19-18(20(29-35-19)21(2,3)33)32(15)14(5-6-22(23,24)25)13-9-34-10-27-13/h7-10,14,33H,5-6H2,1-4H3. The Morgan fingerprint density at radius 1 is 1.23 bits per heavy atom. The molecule has 13 heteroatoms. The van der Waals surface area contributed by atoms with Crippen molar-refractivity contribution in [2.75, 3.05) is 0 Å². The lowest BCUT2D eigenvalue weighted by Crippen LogP contribution is -2.20. The van der Waals surface area contributed by atoms with Crippen molar-refractivity contribution >= 4 is 32.8 Å². The summed E-state index contributed by atoms with van der Waals surface area (Å²) in [7, 11) is 1.76. The van der Waals surface area contributed by atoms with E-state index in [0.29, 0.717) is 43.9 Å². The molecule has 5 aromatic rings. The van der Waals surface area contributed by atoms with Crippen molar-refractivity contribution in [1.29, 1.82) is 0 Å². The van der Waals surface area contributed by atoms with E-state index in [1.807, 2.05) is 13.0 Å². The van der Waals surface area contributed by atoms with Gasteiger partial charge in [-0.15, -0.1) is 5.10 Å². The summed E-state index contributed by atoms with van der Waals surface area (Å²) < 4.78 is 53.7. The third kappa shape index (κ3) is 4.08. The van der Waals surface area contributed by atoms with Gasteiger partial charge in [0.05, 0.1) is 33.2 Å². The Morgan fingerprint density at radius 3 is 2.60 bits per heavy atom. The van der Waals surface area contributed by atoms with Crippen LogP contribution in [0.2, 0.25) is 0 Å². The molecule has 35 heavy (non-hydrogen) atoms. The monoisotopic (exact) mass is 505 g/mol. The second-order valence-corrected chi connectivity index (χ2v) is 9.73. The van der Waals surface area contributed by atoms with Gasteiger partial charge in [-0.1, -0.05) is 5.21 Å². The lowest BCUT2D eigenvalue weighted by molar-refractivity contribution is -0.136. The number of halogens is 3. The molecule has 0 bridgehead atoms. The predicted molar refractivity (Wildman–Crippen MR) is 123 cm³/mol. The highest BCUT2D eigenvalue weighted by Crippen LogP contribution is 2.43. The van der Waals surface area contributed by atoms with Crippen LogP contribution in [-0.4, -0.2) is 45.2 Å². The molecule has 0 saturated heterocycles. The Labute approximate surface area is 201 Å². The first-order chi connectivity index (χ1) is 16.5. The van der Waals surface area contributed by atoms with E-state index < -0.39 is 24.2 Å². The van der Waals surface area contributed by atoms with E-state index in [-0.39, 0.29) is 6.42 Å². The largest absolute Gasteiger partial charge is 0.451 e. The summed E-state index contributed by atoms with van der Waals surface area (Å²) in [5.41, 5.74) is 3.19. The maximum absolute atomic E-state index is 13.3. The van der Waals surface area contributed by atoms with E-state index in [9.17, 15) is 18.3 Å². The van der Waals surface area contributed by atoms with E-state index in [2.05, 4.69) is 24.7 Å². The number of alkyl halides is 3. The second kappa shape index (κ2) is 8.12. The van der Waals surface area contributed by atoms with Crippen molar-refractivity contribution in [3.63, 3.8) is 0 Å². The van der Waals surface area contributed by atoms with Crippen LogP contribution in [0.1, 0.15) is 49.8 Å². The number of pyridine rings is 1. The molecular formula is C22H22F3N7O2S. The molecule has 9 nitrogen and oxygen atoms in total. The molecule has 0 aliphatic heterocycles. The van der Waals surface area contributed by atoms with Crippen molar-refractivity contribution < 1.29 is 22.7 Å². The Balaban J connectivity index is 1.84. The van der Waals surface area contributed by atoms with E-state index in [0.717, 1.165) is 17.2 Å². The van der Waals surface area contributed by atoms with Crippen LogP contribution in [0.25, 0.3) is 32.5 Å². The van der Waals surface area contributed by atoms with Gasteiger partial charge in [0.2, 0.25) is 0 Å². The minimum atomic E-state index is -4.36. The van der Waals surface area contributed by atoms with E-state index in [1.165, 1.54) is 12.7 Å². The van der Waals surface area contributed by atoms with Crippen molar-refractivity contribution in [1.82, 2.24) is 33.9 Å². The van der Waals surface area contributed by atoms with Crippen molar-refractivity contribution in [2.45, 2.75) is 51.4 Å². The molecule has 5 rings (SSSR count). The first-order valence-corrected chi connectivity index (χ1v) is 11.6. The molecule has 5 heterocycles. The highest BCUT2D eigenvalue weighted by molar-refractivity contribution is 7.14. The number of aliphatic hydroxyl groups is 1. The van der Waals surface area contributed by atoms with Gasteiger partial charge in [0.1, 0.15) is 28.8 Å². The van der Waals surface area contributed by atoms with Crippen LogP contribution in [-0.2, 0) is 12.6 Å². The molecule has 184 valence electrons. The SMILES string of the molecule is Cc1nnn(C)c1-c1cnc2c3snc(C(C)(C)O)c3n(C(CCC(F)(F)F)c3cocn3)c2c1. The number of fused-ring (bicyclic) bond motifs is 3. The first-order valence-electron chi connectivity index (χ1n) is 10.8. The number of hydrogen-bond acceptors (Lipinski definition) is 8. The van der Waals surface area contributed by atoms with Gasteiger partial charge in [0.25, 0.3) is 0 Å². The maximum atomic E-state index is 13.3. The van der Waals surface area contributed by atoms with Gasteiger partial charge in [-0.05, 0) is 44.8 Å². The van der Waals surface area contributed by atoms with Crippen LogP contribution in [0.15, 0.2) is 29.3 Å². The zero-order valence-corrected chi connectivity index (χ0v) is 20.1. The van der Waals surface area contributed by atoms with Crippen molar-refractivity contribution in [2.24, 2.45) is 7.05 Å². The summed E-state index contributed by atoms with van der Waals surface area (Å²) in [6, 6.07) is 1.02. The maximum Gasteiger partial charge on any atom is 0.389 e. The van der Waals surface area contributed by atoms with Gasteiger partial charge in [-0.3, -0.25) is 4.98 Å². The molecule has 0 aromatic carbocycles. The molecule has 0 radical (unpaired) electrons. The third-order valence-corrected chi connectivity index (χ3v) is 6.75. The fraction of sp³-hybridized carbons (Fsp3) is 0.409. The fourth-order valence-electron chi connectivity index (χ4n) is 4.40. The second-order valence-electron chi connectivity index (χ2n) is 8.96. The smallest absolute Gasteiger partial charge is 0.389 e. The molecule has 0 aliphatic rings. The average Bonchev–Trinajstić information content (AvgIpc) is 3.53. The number of aromatic nitrogens is 7. The minimum absolute atomic E-state index is 0.285. The van der Waals surface area contributed by atoms with Gasteiger partial charge in [-0.25, -0.2) is 9.67 Å². The van der Waals surface area contributed by atoms with Gasteiger partial charge < -0.3 is 14.1 Å². The molecule has 0 amide bonds. The zero-order chi connectivity index (χ0) is 25.1. The lowest BCUT2D eigenvalue weighted by Gasteiger charge is -2.22. The molecule has 0 spiro atoms. The van der Waals surface area contributed by atoms with Gasteiger partial charge in [0.15, 0.2) is 6.39 Å². The van der Waals surface area contributed by atoms with E-state index >= 15 is 0 Å². The van der Waals surface area contributed by atoms with Crippen LogP contribution in [0.4, 0.5) is 13.2 Å². The van der Waals surface area contributed by atoms with Crippen LogP contribution in [0.3, 0.4) is 0 Å². The van der Waals surface area contributed by atoms with Gasteiger partial charge in [0, 0.05) is 25.2 Å².